The number of nitro groups is 1. The van der Waals surface area contributed by atoms with Crippen molar-refractivity contribution in [3.05, 3.63) is 79.7 Å². The number of carbonyl (C=O) groups is 2. The molecule has 0 saturated carbocycles. The Morgan fingerprint density at radius 1 is 1.09 bits per heavy atom. The fourth-order valence-corrected chi connectivity index (χ4v) is 5.59. The number of non-ortho nitro benzene ring substituents is 1. The van der Waals surface area contributed by atoms with E-state index in [1.807, 2.05) is 0 Å². The van der Waals surface area contributed by atoms with Crippen molar-refractivity contribution in [2.75, 3.05) is 12.4 Å². The predicted molar refractivity (Wildman–Crippen MR) is 126 cm³/mol. The molecule has 2 aliphatic rings. The molecule has 0 bridgehead atoms. The lowest BCUT2D eigenvalue weighted by Crippen LogP contribution is -2.38. The Kier molecular flexibility index (Phi) is 5.66. The van der Waals surface area contributed by atoms with E-state index in [0.29, 0.717) is 5.75 Å². The van der Waals surface area contributed by atoms with Crippen LogP contribution in [0.1, 0.15) is 55.7 Å². The molecule has 10 heteroatoms. The lowest BCUT2D eigenvalue weighted by Gasteiger charge is -2.27. The van der Waals surface area contributed by atoms with E-state index >= 15 is 0 Å². The van der Waals surface area contributed by atoms with Gasteiger partial charge in [0.15, 0.2) is 11.5 Å². The number of anilines is 1. The number of nitrogens with one attached hydrogen (secondary N) is 2. The highest BCUT2D eigenvalue weighted by atomic mass is 32.1. The van der Waals surface area contributed by atoms with E-state index in [1.165, 1.54) is 41.8 Å². The van der Waals surface area contributed by atoms with Crippen LogP contribution in [0.25, 0.3) is 0 Å². The van der Waals surface area contributed by atoms with E-state index in [9.17, 15) is 19.7 Å². The second-order valence-electron chi connectivity index (χ2n) is 8.07. The Labute approximate surface area is 198 Å². The molecule has 0 radical (unpaired) electrons. The zero-order valence-corrected chi connectivity index (χ0v) is 19.1. The van der Waals surface area contributed by atoms with Gasteiger partial charge in [0.2, 0.25) is 0 Å². The number of hydrogen-bond donors (Lipinski definition) is 2. The largest absolute Gasteiger partial charge is 0.493 e. The standard InChI is InChI=1S/C24H21N3O6S/c1-32-18-12-14(8-11-17(18)33-24(29)13-6-9-15(10-7-13)27(30)31)21-25-22(28)20-16-4-2-3-5-19(16)34-23(20)26-21/h6-12,21,26H,2-5H2,1H3,(H,25,28). The number of thiophene rings is 1. The molecule has 1 aliphatic carbocycles. The van der Waals surface area contributed by atoms with Gasteiger partial charge in [-0.15, -0.1) is 11.3 Å². The van der Waals surface area contributed by atoms with Gasteiger partial charge in [-0.3, -0.25) is 14.9 Å². The molecule has 2 N–H and O–H groups in total. The second-order valence-corrected chi connectivity index (χ2v) is 9.17. The number of hydrogen-bond acceptors (Lipinski definition) is 8. The molecule has 9 nitrogen and oxygen atoms in total. The number of methoxy groups -OCH3 is 1. The average Bonchev–Trinajstić information content (AvgIpc) is 3.23. The molecule has 1 unspecified atom stereocenters. The number of nitrogens with zero attached hydrogens (tertiary/aromatic N) is 1. The van der Waals surface area contributed by atoms with Gasteiger partial charge in [-0.25, -0.2) is 4.79 Å². The summed E-state index contributed by atoms with van der Waals surface area (Å²) in [6.07, 6.45) is 3.74. The summed E-state index contributed by atoms with van der Waals surface area (Å²) in [5.74, 6) is -0.242. The number of fused-ring (bicyclic) bond motifs is 3. The molecule has 0 saturated heterocycles. The summed E-state index contributed by atoms with van der Waals surface area (Å²) in [7, 11) is 1.46. The van der Waals surface area contributed by atoms with Crippen molar-refractivity contribution < 1.29 is 24.0 Å². The molecule has 5 rings (SSSR count). The Balaban J connectivity index is 1.36. The number of aryl methyl sites for hydroxylation is 1. The van der Waals surface area contributed by atoms with E-state index in [1.54, 1.807) is 29.5 Å². The van der Waals surface area contributed by atoms with Crippen LogP contribution in [-0.2, 0) is 12.8 Å². The molecule has 1 aromatic heterocycles. The van der Waals surface area contributed by atoms with Crippen molar-refractivity contribution in [1.29, 1.82) is 0 Å². The number of nitro benzene ring substituents is 1. The number of ether oxygens (including phenoxy) is 2. The SMILES string of the molecule is COc1cc(C2NC(=O)c3c(sc4c3CCCC4)N2)ccc1OC(=O)c1ccc([N+](=O)[O-])cc1. The summed E-state index contributed by atoms with van der Waals surface area (Å²) < 4.78 is 10.9. The average molecular weight is 480 g/mol. The van der Waals surface area contributed by atoms with Gasteiger partial charge in [0.25, 0.3) is 11.6 Å². The quantitative estimate of drug-likeness (QED) is 0.237. The van der Waals surface area contributed by atoms with Crippen molar-refractivity contribution >= 4 is 33.9 Å². The first-order chi connectivity index (χ1) is 16.4. The number of amides is 1. The smallest absolute Gasteiger partial charge is 0.343 e. The summed E-state index contributed by atoms with van der Waals surface area (Å²) in [4.78, 5) is 37.0. The fourth-order valence-electron chi connectivity index (χ4n) is 4.27. The molecule has 2 aromatic carbocycles. The fraction of sp³-hybridized carbons (Fsp3) is 0.250. The molecule has 1 atom stereocenters. The third-order valence-electron chi connectivity index (χ3n) is 5.99. The minimum absolute atomic E-state index is 0.0919. The zero-order valence-electron chi connectivity index (χ0n) is 18.3. The van der Waals surface area contributed by atoms with Crippen molar-refractivity contribution in [3.8, 4) is 11.5 Å². The van der Waals surface area contributed by atoms with Crippen LogP contribution >= 0.6 is 11.3 Å². The lowest BCUT2D eigenvalue weighted by atomic mass is 9.94. The van der Waals surface area contributed by atoms with Gasteiger partial charge in [-0.05, 0) is 61.1 Å². The Bertz CT molecular complexity index is 1300. The summed E-state index contributed by atoms with van der Waals surface area (Å²) in [5.41, 5.74) is 2.73. The normalized spacial score (nSPS) is 16.5. The van der Waals surface area contributed by atoms with Crippen LogP contribution in [0.5, 0.6) is 11.5 Å². The maximum Gasteiger partial charge on any atom is 0.343 e. The Hall–Kier alpha value is -3.92. The number of rotatable bonds is 5. The van der Waals surface area contributed by atoms with E-state index in [0.717, 1.165) is 41.8 Å². The van der Waals surface area contributed by atoms with Crippen LogP contribution < -0.4 is 20.1 Å². The first-order valence-corrected chi connectivity index (χ1v) is 11.6. The van der Waals surface area contributed by atoms with Gasteiger partial charge in [-0.1, -0.05) is 6.07 Å². The predicted octanol–water partition coefficient (Wildman–Crippen LogP) is 4.62. The monoisotopic (exact) mass is 479 g/mol. The van der Waals surface area contributed by atoms with Crippen LogP contribution in [-0.4, -0.2) is 23.9 Å². The van der Waals surface area contributed by atoms with Gasteiger partial charge >= 0.3 is 5.97 Å². The number of carbonyl (C=O) groups excluding carboxylic acids is 2. The summed E-state index contributed by atoms with van der Waals surface area (Å²) in [5, 5.41) is 18.1. The van der Waals surface area contributed by atoms with E-state index in [-0.39, 0.29) is 22.9 Å². The molecule has 1 amide bonds. The molecule has 0 spiro atoms. The molecule has 3 aromatic rings. The van der Waals surface area contributed by atoms with E-state index in [2.05, 4.69) is 10.6 Å². The molecule has 174 valence electrons. The highest BCUT2D eigenvalue weighted by Gasteiger charge is 2.32. The molecular formula is C24H21N3O6S. The molecule has 1 aliphatic heterocycles. The van der Waals surface area contributed by atoms with E-state index < -0.39 is 17.1 Å². The summed E-state index contributed by atoms with van der Waals surface area (Å²) in [6.45, 7) is 0. The minimum atomic E-state index is -0.668. The third kappa shape index (κ3) is 3.96. The molecular weight excluding hydrogens is 458 g/mol. The van der Waals surface area contributed by atoms with Crippen LogP contribution in [0, 0.1) is 10.1 Å². The highest BCUT2D eigenvalue weighted by Crippen LogP contribution is 2.42. The zero-order chi connectivity index (χ0) is 23.8. The Morgan fingerprint density at radius 2 is 1.85 bits per heavy atom. The van der Waals surface area contributed by atoms with Gasteiger partial charge in [-0.2, -0.15) is 0 Å². The molecule has 2 heterocycles. The van der Waals surface area contributed by atoms with Gasteiger partial charge in [0.05, 0.1) is 23.2 Å². The van der Waals surface area contributed by atoms with Crippen LogP contribution in [0.3, 0.4) is 0 Å². The first kappa shape index (κ1) is 21.9. The molecule has 34 heavy (non-hydrogen) atoms. The van der Waals surface area contributed by atoms with Gasteiger partial charge in [0, 0.05) is 17.0 Å². The Morgan fingerprint density at radius 3 is 2.59 bits per heavy atom. The maximum atomic E-state index is 12.9. The number of benzene rings is 2. The van der Waals surface area contributed by atoms with Gasteiger partial charge in [0.1, 0.15) is 11.2 Å². The van der Waals surface area contributed by atoms with E-state index in [4.69, 9.17) is 9.47 Å². The third-order valence-corrected chi connectivity index (χ3v) is 7.21. The van der Waals surface area contributed by atoms with Crippen LogP contribution in [0.2, 0.25) is 0 Å². The maximum absolute atomic E-state index is 12.9. The lowest BCUT2D eigenvalue weighted by molar-refractivity contribution is -0.384. The van der Waals surface area contributed by atoms with Crippen LogP contribution in [0.4, 0.5) is 10.7 Å². The van der Waals surface area contributed by atoms with Crippen molar-refractivity contribution in [2.24, 2.45) is 0 Å². The highest BCUT2D eigenvalue weighted by molar-refractivity contribution is 7.16. The van der Waals surface area contributed by atoms with Crippen molar-refractivity contribution in [1.82, 2.24) is 5.32 Å². The van der Waals surface area contributed by atoms with Crippen molar-refractivity contribution in [2.45, 2.75) is 31.8 Å². The minimum Gasteiger partial charge on any atom is -0.493 e. The first-order valence-electron chi connectivity index (χ1n) is 10.8. The summed E-state index contributed by atoms with van der Waals surface area (Å²) >= 11 is 1.65. The number of esters is 1. The summed E-state index contributed by atoms with van der Waals surface area (Å²) in [6, 6.07) is 10.2. The van der Waals surface area contributed by atoms with Crippen LogP contribution in [0.15, 0.2) is 42.5 Å². The topological polar surface area (TPSA) is 120 Å². The molecule has 0 fully saturated rings. The second kappa shape index (κ2) is 8.79. The van der Waals surface area contributed by atoms with Crippen molar-refractivity contribution in [3.63, 3.8) is 0 Å². The van der Waals surface area contributed by atoms with Gasteiger partial charge < -0.3 is 20.1 Å².